The van der Waals surface area contributed by atoms with Gasteiger partial charge in [0.15, 0.2) is 5.78 Å². The van der Waals surface area contributed by atoms with Crippen LogP contribution in [-0.2, 0) is 0 Å². The number of nitrogens with one attached hydrogen (secondary N) is 1. The van der Waals surface area contributed by atoms with Crippen molar-refractivity contribution in [2.75, 3.05) is 13.1 Å². The van der Waals surface area contributed by atoms with Crippen LogP contribution in [0, 0.1) is 0 Å². The van der Waals surface area contributed by atoms with Crippen LogP contribution in [0.15, 0.2) is 12.1 Å². The predicted octanol–water partition coefficient (Wildman–Crippen LogP) is 2.31. The van der Waals surface area contributed by atoms with Gasteiger partial charge in [0.2, 0.25) is 0 Å². The minimum atomic E-state index is -0.0278. The lowest BCUT2D eigenvalue weighted by Gasteiger charge is -2.32. The molecule has 2 aliphatic rings. The van der Waals surface area contributed by atoms with E-state index in [1.165, 1.54) is 44.1 Å². The molecule has 4 nitrogen and oxygen atoms in total. The summed E-state index contributed by atoms with van der Waals surface area (Å²) in [6.45, 7) is 3.80. The summed E-state index contributed by atoms with van der Waals surface area (Å²) in [6, 6.07) is 4.28. The number of carbonyl (C=O) groups excluding carboxylic acids is 2. The lowest BCUT2D eigenvalue weighted by molar-refractivity contribution is 0.0919. The lowest BCUT2D eigenvalue weighted by Crippen LogP contribution is -2.46. The molecular formula is C15H20N2O2S. The number of rotatable bonds is 3. The van der Waals surface area contributed by atoms with Crippen LogP contribution in [-0.4, -0.2) is 41.8 Å². The van der Waals surface area contributed by atoms with Crippen molar-refractivity contribution < 1.29 is 9.59 Å². The molecule has 0 unspecified atom stereocenters. The smallest absolute Gasteiger partial charge is 0.261 e. The molecule has 20 heavy (non-hydrogen) atoms. The quantitative estimate of drug-likeness (QED) is 0.870. The Morgan fingerprint density at radius 1 is 1.20 bits per heavy atom. The first-order valence-electron chi connectivity index (χ1n) is 7.31. The van der Waals surface area contributed by atoms with Gasteiger partial charge < -0.3 is 5.32 Å². The van der Waals surface area contributed by atoms with Crippen molar-refractivity contribution in [2.24, 2.45) is 0 Å². The monoisotopic (exact) mass is 292 g/mol. The van der Waals surface area contributed by atoms with E-state index in [2.05, 4.69) is 10.2 Å². The lowest BCUT2D eigenvalue weighted by atomic mass is 9.99. The number of thiophene rings is 1. The highest BCUT2D eigenvalue weighted by Crippen LogP contribution is 2.27. The predicted molar refractivity (Wildman–Crippen MR) is 79.4 cm³/mol. The van der Waals surface area contributed by atoms with E-state index in [1.807, 2.05) is 0 Å². The number of piperidine rings is 1. The minimum Gasteiger partial charge on any atom is -0.347 e. The molecule has 5 heteroatoms. The van der Waals surface area contributed by atoms with Gasteiger partial charge in [0.25, 0.3) is 5.91 Å². The Balaban J connectivity index is 1.65. The first-order valence-corrected chi connectivity index (χ1v) is 8.12. The van der Waals surface area contributed by atoms with Gasteiger partial charge in [-0.05, 0) is 44.9 Å². The molecule has 1 N–H and O–H groups in total. The summed E-state index contributed by atoms with van der Waals surface area (Å²) in [4.78, 5) is 27.4. The van der Waals surface area contributed by atoms with Crippen LogP contribution in [0.5, 0.6) is 0 Å². The van der Waals surface area contributed by atoms with Crippen molar-refractivity contribution in [2.45, 2.75) is 44.7 Å². The standard InChI is InChI=1S/C15H20N2O2S/c1-10(18)13-5-6-14(20-13)15(19)16-11-7-9-17-8-3-2-4-12(11)17/h5-6,11-12H,2-4,7-9H2,1H3,(H,16,19)/t11-,12+/m0/s1. The van der Waals surface area contributed by atoms with Gasteiger partial charge in [0.1, 0.15) is 0 Å². The topological polar surface area (TPSA) is 49.4 Å². The molecule has 1 aromatic heterocycles. The third-order valence-corrected chi connectivity index (χ3v) is 5.53. The van der Waals surface area contributed by atoms with Gasteiger partial charge in [-0.15, -0.1) is 11.3 Å². The Labute approximate surface area is 123 Å². The largest absolute Gasteiger partial charge is 0.347 e. The Hall–Kier alpha value is -1.20. The van der Waals surface area contributed by atoms with Crippen molar-refractivity contribution in [1.29, 1.82) is 0 Å². The molecule has 2 aliphatic heterocycles. The number of Topliss-reactive ketones (excluding diaryl/α,β-unsaturated/α-hetero) is 1. The van der Waals surface area contributed by atoms with E-state index in [-0.39, 0.29) is 17.7 Å². The number of ketones is 1. The fraction of sp³-hybridized carbons (Fsp3) is 0.600. The van der Waals surface area contributed by atoms with Crippen LogP contribution in [0.25, 0.3) is 0 Å². The molecule has 0 aliphatic carbocycles. The van der Waals surface area contributed by atoms with Gasteiger partial charge in [-0.1, -0.05) is 6.42 Å². The molecule has 3 rings (SSSR count). The zero-order valence-electron chi connectivity index (χ0n) is 11.7. The maximum Gasteiger partial charge on any atom is 0.261 e. The van der Waals surface area contributed by atoms with Crippen LogP contribution in [0.4, 0.5) is 0 Å². The molecule has 2 fully saturated rings. The average molecular weight is 292 g/mol. The summed E-state index contributed by atoms with van der Waals surface area (Å²) in [5, 5.41) is 3.17. The van der Waals surface area contributed by atoms with Gasteiger partial charge >= 0.3 is 0 Å². The van der Waals surface area contributed by atoms with E-state index in [0.717, 1.165) is 13.0 Å². The third kappa shape index (κ3) is 2.65. The van der Waals surface area contributed by atoms with Crippen LogP contribution in [0.1, 0.15) is 52.0 Å². The fourth-order valence-corrected chi connectivity index (χ4v) is 4.11. The second kappa shape index (κ2) is 5.66. The molecule has 1 aromatic rings. The van der Waals surface area contributed by atoms with Gasteiger partial charge in [-0.3, -0.25) is 14.5 Å². The Bertz CT molecular complexity index is 526. The van der Waals surface area contributed by atoms with Crippen LogP contribution < -0.4 is 5.32 Å². The second-order valence-corrected chi connectivity index (χ2v) is 6.77. The van der Waals surface area contributed by atoms with E-state index in [9.17, 15) is 9.59 Å². The molecule has 2 saturated heterocycles. The first-order chi connectivity index (χ1) is 9.65. The second-order valence-electron chi connectivity index (χ2n) is 5.69. The molecule has 1 amide bonds. The van der Waals surface area contributed by atoms with Gasteiger partial charge in [0, 0.05) is 18.6 Å². The number of hydrogen-bond acceptors (Lipinski definition) is 4. The molecule has 0 aromatic carbocycles. The normalized spacial score (nSPS) is 26.2. The van der Waals surface area contributed by atoms with Crippen molar-refractivity contribution in [3.63, 3.8) is 0 Å². The first kappa shape index (κ1) is 13.8. The van der Waals surface area contributed by atoms with Crippen LogP contribution in [0.2, 0.25) is 0 Å². The summed E-state index contributed by atoms with van der Waals surface area (Å²) in [5.41, 5.74) is 0. The Morgan fingerprint density at radius 3 is 2.75 bits per heavy atom. The molecule has 0 bridgehead atoms. The van der Waals surface area contributed by atoms with E-state index < -0.39 is 0 Å². The maximum absolute atomic E-state index is 12.3. The molecule has 0 spiro atoms. The molecule has 0 radical (unpaired) electrons. The van der Waals surface area contributed by atoms with Crippen molar-refractivity contribution in [3.8, 4) is 0 Å². The Kier molecular flexibility index (Phi) is 3.89. The summed E-state index contributed by atoms with van der Waals surface area (Å²) in [6.07, 6.45) is 4.78. The highest BCUT2D eigenvalue weighted by molar-refractivity contribution is 7.15. The number of fused-ring (bicyclic) bond motifs is 1. The van der Waals surface area contributed by atoms with Crippen LogP contribution >= 0.6 is 11.3 Å². The zero-order chi connectivity index (χ0) is 14.1. The van der Waals surface area contributed by atoms with E-state index >= 15 is 0 Å². The molecule has 0 saturated carbocycles. The summed E-state index contributed by atoms with van der Waals surface area (Å²) in [5.74, 6) is -0.00621. The minimum absolute atomic E-state index is 0.0216. The van der Waals surface area contributed by atoms with Gasteiger partial charge in [-0.25, -0.2) is 0 Å². The van der Waals surface area contributed by atoms with E-state index in [0.29, 0.717) is 15.8 Å². The SMILES string of the molecule is CC(=O)c1ccc(C(=O)N[C@H]2CCN3CCCC[C@H]23)s1. The van der Waals surface area contributed by atoms with Crippen molar-refractivity contribution >= 4 is 23.0 Å². The average Bonchev–Trinajstić information content (AvgIpc) is 3.06. The number of nitrogens with zero attached hydrogens (tertiary/aromatic N) is 1. The summed E-state index contributed by atoms with van der Waals surface area (Å²) < 4.78 is 0. The number of amides is 1. The molecular weight excluding hydrogens is 272 g/mol. The van der Waals surface area contributed by atoms with E-state index in [4.69, 9.17) is 0 Å². The molecule has 2 atom stereocenters. The highest BCUT2D eigenvalue weighted by Gasteiger charge is 2.36. The van der Waals surface area contributed by atoms with Gasteiger partial charge in [0.05, 0.1) is 9.75 Å². The maximum atomic E-state index is 12.3. The molecule has 108 valence electrons. The Morgan fingerprint density at radius 2 is 2.00 bits per heavy atom. The number of carbonyl (C=O) groups is 2. The fourth-order valence-electron chi connectivity index (χ4n) is 3.30. The zero-order valence-corrected chi connectivity index (χ0v) is 12.5. The molecule has 3 heterocycles. The summed E-state index contributed by atoms with van der Waals surface area (Å²) in [7, 11) is 0. The highest BCUT2D eigenvalue weighted by atomic mass is 32.1. The van der Waals surface area contributed by atoms with Crippen molar-refractivity contribution in [3.05, 3.63) is 21.9 Å². The summed E-state index contributed by atoms with van der Waals surface area (Å²) >= 11 is 1.29. The van der Waals surface area contributed by atoms with Gasteiger partial charge in [-0.2, -0.15) is 0 Å². The van der Waals surface area contributed by atoms with Crippen molar-refractivity contribution in [1.82, 2.24) is 10.2 Å². The van der Waals surface area contributed by atoms with E-state index in [1.54, 1.807) is 12.1 Å². The third-order valence-electron chi connectivity index (χ3n) is 4.35. The number of hydrogen-bond donors (Lipinski definition) is 1. The van der Waals surface area contributed by atoms with Crippen LogP contribution in [0.3, 0.4) is 0 Å².